The van der Waals surface area contributed by atoms with Crippen LogP contribution in [0.1, 0.15) is 79.2 Å². The number of carbonyl (C=O) groups is 4. The molecule has 0 saturated heterocycles. The molecule has 0 aliphatic heterocycles. The van der Waals surface area contributed by atoms with Crippen LogP contribution in [0.15, 0.2) is 133 Å². The molecule has 0 amide bonds. The number of benzene rings is 6. The first kappa shape index (κ1) is 49.3. The Morgan fingerprint density at radius 3 is 1.04 bits per heavy atom. The van der Waals surface area contributed by atoms with Crippen LogP contribution in [0.25, 0.3) is 0 Å². The average molecular weight is 923 g/mol. The summed E-state index contributed by atoms with van der Waals surface area (Å²) >= 11 is 0. The standard InChI is InChI=1S/C54H50O14/c1-35(59-3)29-31-63-45-25-27-47(49(33-45)61-5)53(57)67-43-21-13-39(14-22-43)51(55)65-41-17-9-37(10-18-41)7-8-38-11-19-42(20-12-38)66-52(56)40-15-23-44(24-16-40)68-54(58)48-28-26-46(34-50(48)62-6)64-32-30-36(2)60-4/h9-28,33-36H,29-32H2,1-6H3. The van der Waals surface area contributed by atoms with E-state index >= 15 is 0 Å². The van der Waals surface area contributed by atoms with E-state index in [0.717, 1.165) is 0 Å². The zero-order valence-electron chi connectivity index (χ0n) is 38.4. The third-order valence-electron chi connectivity index (χ3n) is 10.3. The fourth-order valence-corrected chi connectivity index (χ4v) is 6.11. The first-order valence-corrected chi connectivity index (χ1v) is 21.4. The molecule has 350 valence electrons. The van der Waals surface area contributed by atoms with Gasteiger partial charge in [0.25, 0.3) is 0 Å². The molecule has 2 atom stereocenters. The Bertz CT molecular complexity index is 2530. The number of ether oxygens (including phenoxy) is 10. The highest BCUT2D eigenvalue weighted by Gasteiger charge is 2.19. The van der Waals surface area contributed by atoms with Crippen LogP contribution < -0.4 is 37.9 Å². The molecule has 0 heterocycles. The van der Waals surface area contributed by atoms with E-state index in [9.17, 15) is 19.2 Å². The Morgan fingerprint density at radius 1 is 0.412 bits per heavy atom. The number of methoxy groups -OCH3 is 4. The van der Waals surface area contributed by atoms with Crippen molar-refractivity contribution in [3.05, 3.63) is 167 Å². The van der Waals surface area contributed by atoms with Crippen LogP contribution in [-0.4, -0.2) is 77.7 Å². The summed E-state index contributed by atoms with van der Waals surface area (Å²) in [6.07, 6.45) is 1.50. The summed E-state index contributed by atoms with van der Waals surface area (Å²) in [4.78, 5) is 51.7. The van der Waals surface area contributed by atoms with Crippen LogP contribution in [0.3, 0.4) is 0 Å². The molecule has 0 bridgehead atoms. The molecule has 14 nitrogen and oxygen atoms in total. The highest BCUT2D eigenvalue weighted by molar-refractivity contribution is 5.96. The van der Waals surface area contributed by atoms with E-state index in [1.807, 2.05) is 13.8 Å². The Morgan fingerprint density at radius 2 is 0.721 bits per heavy atom. The van der Waals surface area contributed by atoms with Gasteiger partial charge in [-0.3, -0.25) is 0 Å². The molecule has 0 aliphatic rings. The van der Waals surface area contributed by atoms with Crippen molar-refractivity contribution < 1.29 is 66.5 Å². The van der Waals surface area contributed by atoms with Gasteiger partial charge in [-0.05, 0) is 135 Å². The van der Waals surface area contributed by atoms with Crippen molar-refractivity contribution in [2.75, 3.05) is 41.7 Å². The predicted octanol–water partition coefficient (Wildman–Crippen LogP) is 9.59. The van der Waals surface area contributed by atoms with Gasteiger partial charge >= 0.3 is 23.9 Å². The number of carbonyl (C=O) groups excluding carboxylic acids is 4. The second kappa shape index (κ2) is 24.4. The maximum absolute atomic E-state index is 13.0. The zero-order chi connectivity index (χ0) is 48.4. The van der Waals surface area contributed by atoms with Gasteiger partial charge < -0.3 is 47.4 Å². The van der Waals surface area contributed by atoms with Crippen LogP contribution in [0.4, 0.5) is 0 Å². The Kier molecular flexibility index (Phi) is 17.7. The molecule has 0 saturated carbocycles. The van der Waals surface area contributed by atoms with Crippen LogP contribution in [-0.2, 0) is 9.47 Å². The third kappa shape index (κ3) is 14.2. The minimum absolute atomic E-state index is 0.0523. The van der Waals surface area contributed by atoms with Gasteiger partial charge in [0, 0.05) is 50.3 Å². The fraction of sp³-hybridized carbons (Fsp3) is 0.222. The van der Waals surface area contributed by atoms with Crippen molar-refractivity contribution in [3.8, 4) is 57.8 Å². The number of hydrogen-bond donors (Lipinski definition) is 0. The average Bonchev–Trinajstić information content (AvgIpc) is 3.36. The predicted molar refractivity (Wildman–Crippen MR) is 251 cm³/mol. The number of rotatable bonds is 20. The summed E-state index contributed by atoms with van der Waals surface area (Å²) < 4.78 is 54.9. The first-order valence-electron chi connectivity index (χ1n) is 21.4. The second-order valence-electron chi connectivity index (χ2n) is 15.0. The minimum atomic E-state index is -0.641. The zero-order valence-corrected chi connectivity index (χ0v) is 38.4. The third-order valence-corrected chi connectivity index (χ3v) is 10.3. The molecule has 0 aromatic heterocycles. The molecule has 6 aromatic carbocycles. The Balaban J connectivity index is 0.948. The minimum Gasteiger partial charge on any atom is -0.496 e. The molecular formula is C54H50O14. The molecule has 68 heavy (non-hydrogen) atoms. The van der Waals surface area contributed by atoms with E-state index in [1.165, 1.54) is 62.8 Å². The van der Waals surface area contributed by atoms with Crippen molar-refractivity contribution in [2.45, 2.75) is 38.9 Å². The van der Waals surface area contributed by atoms with Crippen molar-refractivity contribution in [3.63, 3.8) is 0 Å². The molecule has 0 N–H and O–H groups in total. The van der Waals surface area contributed by atoms with Gasteiger partial charge in [0.15, 0.2) is 0 Å². The largest absolute Gasteiger partial charge is 0.496 e. The van der Waals surface area contributed by atoms with Crippen LogP contribution >= 0.6 is 0 Å². The van der Waals surface area contributed by atoms with E-state index in [4.69, 9.17) is 47.4 Å². The van der Waals surface area contributed by atoms with Gasteiger partial charge in [-0.25, -0.2) is 19.2 Å². The summed E-state index contributed by atoms with van der Waals surface area (Å²) in [6.45, 7) is 4.77. The molecule has 6 rings (SSSR count). The molecule has 0 fully saturated rings. The van der Waals surface area contributed by atoms with Crippen molar-refractivity contribution in [2.24, 2.45) is 0 Å². The summed E-state index contributed by atoms with van der Waals surface area (Å²) in [7, 11) is 6.18. The van der Waals surface area contributed by atoms with Crippen molar-refractivity contribution in [1.29, 1.82) is 0 Å². The van der Waals surface area contributed by atoms with E-state index in [2.05, 4.69) is 11.8 Å². The van der Waals surface area contributed by atoms with Gasteiger partial charge in [0.05, 0.1) is 50.8 Å². The summed E-state index contributed by atoms with van der Waals surface area (Å²) in [5.74, 6) is 6.36. The summed E-state index contributed by atoms with van der Waals surface area (Å²) in [5, 5.41) is 0. The van der Waals surface area contributed by atoms with E-state index < -0.39 is 23.9 Å². The van der Waals surface area contributed by atoms with Crippen LogP contribution in [0.5, 0.6) is 46.0 Å². The molecule has 0 aliphatic carbocycles. The van der Waals surface area contributed by atoms with Gasteiger partial charge in [0.1, 0.15) is 57.1 Å². The monoisotopic (exact) mass is 922 g/mol. The lowest BCUT2D eigenvalue weighted by atomic mass is 10.1. The lowest BCUT2D eigenvalue weighted by Gasteiger charge is -2.13. The molecule has 14 heteroatoms. The van der Waals surface area contributed by atoms with E-state index in [0.29, 0.717) is 71.7 Å². The number of esters is 4. The molecule has 6 aromatic rings. The Hall–Kier alpha value is -8.12. The summed E-state index contributed by atoms with van der Waals surface area (Å²) in [5.41, 5.74) is 2.25. The second-order valence-corrected chi connectivity index (χ2v) is 15.0. The van der Waals surface area contributed by atoms with Crippen molar-refractivity contribution >= 4 is 23.9 Å². The molecule has 0 spiro atoms. The van der Waals surface area contributed by atoms with Gasteiger partial charge in [-0.1, -0.05) is 11.8 Å². The normalized spacial score (nSPS) is 11.4. The van der Waals surface area contributed by atoms with E-state index in [-0.39, 0.29) is 46.0 Å². The van der Waals surface area contributed by atoms with Crippen molar-refractivity contribution in [1.82, 2.24) is 0 Å². The Labute approximate surface area is 394 Å². The maximum atomic E-state index is 13.0. The quantitative estimate of drug-likeness (QED) is 0.0404. The highest BCUT2D eigenvalue weighted by atomic mass is 16.6. The number of hydrogen-bond acceptors (Lipinski definition) is 14. The maximum Gasteiger partial charge on any atom is 0.347 e. The lowest BCUT2D eigenvalue weighted by molar-refractivity contribution is 0.0717. The van der Waals surface area contributed by atoms with Crippen LogP contribution in [0, 0.1) is 11.8 Å². The smallest absolute Gasteiger partial charge is 0.347 e. The fourth-order valence-electron chi connectivity index (χ4n) is 6.11. The first-order chi connectivity index (χ1) is 32.9. The topological polar surface area (TPSA) is 161 Å². The summed E-state index contributed by atoms with van der Waals surface area (Å²) in [6, 6.07) is 35.0. The highest BCUT2D eigenvalue weighted by Crippen LogP contribution is 2.29. The SMILES string of the molecule is COc1cc(OCCC(C)OC)ccc1C(=O)Oc1ccc(C(=O)Oc2ccc(C#Cc3ccc(OC(=O)c4ccc(OC(=O)c5ccc(OCCC(C)OC)cc5OC)cc4)cc3)cc2)cc1. The molecule has 2 unspecified atom stereocenters. The molecular weight excluding hydrogens is 873 g/mol. The van der Waals surface area contributed by atoms with Gasteiger partial charge in [-0.2, -0.15) is 0 Å². The van der Waals surface area contributed by atoms with E-state index in [1.54, 1.807) is 99.1 Å². The van der Waals surface area contributed by atoms with Gasteiger partial charge in [-0.15, -0.1) is 0 Å². The lowest BCUT2D eigenvalue weighted by Crippen LogP contribution is -2.12. The van der Waals surface area contributed by atoms with Gasteiger partial charge in [0.2, 0.25) is 0 Å². The molecule has 0 radical (unpaired) electrons. The van der Waals surface area contributed by atoms with Crippen LogP contribution in [0.2, 0.25) is 0 Å².